The molecule has 0 atom stereocenters. The standard InChI is InChI=1S/C28H46N6O4S2/c29-16-9-19-30-17-7-8-18-31-20-10-21-32-26(35)13-5-2-6-22-34-40(37,38)27-15-14-25(39-27)23-33-28(36)24-11-3-1-4-12-24/h1,3-4,11-12,14-15,30-31,34H,2,5-10,13,16-23,29H2,(H,32,35)(H,33,36). The van der Waals surface area contributed by atoms with Crippen molar-refractivity contribution in [3.05, 3.63) is 52.9 Å². The number of carbonyl (C=O) groups is 2. The Morgan fingerprint density at radius 1 is 0.725 bits per heavy atom. The molecule has 224 valence electrons. The van der Waals surface area contributed by atoms with Gasteiger partial charge in [0.2, 0.25) is 15.9 Å². The molecule has 0 radical (unpaired) electrons. The molecule has 0 bridgehead atoms. The first-order valence-corrected chi connectivity index (χ1v) is 16.5. The van der Waals surface area contributed by atoms with Gasteiger partial charge in [0, 0.05) is 30.0 Å². The molecule has 2 aromatic rings. The molecular formula is C28H46N6O4S2. The maximum absolute atomic E-state index is 12.6. The fourth-order valence-electron chi connectivity index (χ4n) is 3.83. The lowest BCUT2D eigenvalue weighted by molar-refractivity contribution is -0.121. The van der Waals surface area contributed by atoms with E-state index in [1.165, 1.54) is 0 Å². The van der Waals surface area contributed by atoms with E-state index in [4.69, 9.17) is 5.73 Å². The number of benzene rings is 1. The Balaban J connectivity index is 1.46. The molecule has 0 aliphatic carbocycles. The Bertz CT molecular complexity index is 1080. The van der Waals surface area contributed by atoms with E-state index in [-0.39, 0.29) is 22.6 Å². The van der Waals surface area contributed by atoms with E-state index < -0.39 is 10.0 Å². The summed E-state index contributed by atoms with van der Waals surface area (Å²) in [5, 5.41) is 12.5. The Kier molecular flexibility index (Phi) is 17.4. The van der Waals surface area contributed by atoms with Crippen LogP contribution in [0.1, 0.15) is 66.6 Å². The second kappa shape index (κ2) is 20.5. The Labute approximate surface area is 243 Å². The van der Waals surface area contributed by atoms with Crippen LogP contribution in [-0.2, 0) is 21.4 Å². The van der Waals surface area contributed by atoms with Crippen molar-refractivity contribution < 1.29 is 18.0 Å². The van der Waals surface area contributed by atoms with Gasteiger partial charge in [-0.2, -0.15) is 0 Å². The summed E-state index contributed by atoms with van der Waals surface area (Å²) in [5.74, 6) is -0.165. The Morgan fingerprint density at radius 3 is 2.12 bits per heavy atom. The SMILES string of the molecule is NCCCNCCCCNCCCNC(=O)CCCCCNS(=O)(=O)c1ccc(CNC(=O)c2ccccc2)s1. The van der Waals surface area contributed by atoms with Crippen molar-refractivity contribution in [2.24, 2.45) is 5.73 Å². The first-order chi connectivity index (χ1) is 19.4. The second-order valence-corrected chi connectivity index (χ2v) is 12.7. The van der Waals surface area contributed by atoms with Crippen LogP contribution < -0.4 is 31.7 Å². The summed E-state index contributed by atoms with van der Waals surface area (Å²) in [6.45, 7) is 5.85. The summed E-state index contributed by atoms with van der Waals surface area (Å²) in [6.07, 6.45) is 6.76. The summed E-state index contributed by atoms with van der Waals surface area (Å²) in [4.78, 5) is 24.9. The van der Waals surface area contributed by atoms with E-state index >= 15 is 0 Å². The minimum absolute atomic E-state index is 0.0367. The number of unbranched alkanes of at least 4 members (excludes halogenated alkanes) is 3. The maximum atomic E-state index is 12.6. The highest BCUT2D eigenvalue weighted by Crippen LogP contribution is 2.21. The van der Waals surface area contributed by atoms with E-state index in [9.17, 15) is 18.0 Å². The normalized spacial score (nSPS) is 11.4. The van der Waals surface area contributed by atoms with Gasteiger partial charge in [0.1, 0.15) is 4.21 Å². The largest absolute Gasteiger partial charge is 0.356 e. The van der Waals surface area contributed by atoms with Crippen molar-refractivity contribution >= 4 is 33.2 Å². The Morgan fingerprint density at radius 2 is 1.40 bits per heavy atom. The third-order valence-corrected chi connectivity index (χ3v) is 9.14. The highest BCUT2D eigenvalue weighted by molar-refractivity contribution is 7.91. The van der Waals surface area contributed by atoms with Crippen LogP contribution in [0.3, 0.4) is 0 Å². The van der Waals surface area contributed by atoms with Crippen LogP contribution in [0.2, 0.25) is 0 Å². The number of hydrogen-bond donors (Lipinski definition) is 6. The van der Waals surface area contributed by atoms with E-state index in [0.29, 0.717) is 31.5 Å². The van der Waals surface area contributed by atoms with Crippen LogP contribution in [-0.4, -0.2) is 66.0 Å². The van der Waals surface area contributed by atoms with Gasteiger partial charge in [-0.3, -0.25) is 9.59 Å². The fourth-order valence-corrected chi connectivity index (χ4v) is 6.24. The molecule has 12 heteroatoms. The molecule has 1 heterocycles. The lowest BCUT2D eigenvalue weighted by Crippen LogP contribution is -2.27. The molecule has 0 spiro atoms. The zero-order valence-corrected chi connectivity index (χ0v) is 25.0. The summed E-state index contributed by atoms with van der Waals surface area (Å²) in [7, 11) is -3.60. The van der Waals surface area contributed by atoms with Crippen LogP contribution in [0, 0.1) is 0 Å². The van der Waals surface area contributed by atoms with E-state index in [2.05, 4.69) is 26.0 Å². The lowest BCUT2D eigenvalue weighted by atomic mass is 10.2. The molecule has 0 saturated heterocycles. The monoisotopic (exact) mass is 594 g/mol. The molecule has 2 amide bonds. The molecule has 2 rings (SSSR count). The van der Waals surface area contributed by atoms with E-state index in [1.54, 1.807) is 36.4 Å². The van der Waals surface area contributed by atoms with Gasteiger partial charge in [-0.25, -0.2) is 13.1 Å². The molecule has 0 unspecified atom stereocenters. The van der Waals surface area contributed by atoms with Crippen molar-refractivity contribution in [3.8, 4) is 0 Å². The van der Waals surface area contributed by atoms with Gasteiger partial charge >= 0.3 is 0 Å². The van der Waals surface area contributed by atoms with Gasteiger partial charge in [-0.05, 0) is 95.5 Å². The van der Waals surface area contributed by atoms with Crippen molar-refractivity contribution in [2.45, 2.75) is 62.1 Å². The fraction of sp³-hybridized carbons (Fsp3) is 0.571. The second-order valence-electron chi connectivity index (χ2n) is 9.53. The highest BCUT2D eigenvalue weighted by atomic mass is 32.2. The van der Waals surface area contributed by atoms with Crippen molar-refractivity contribution in [2.75, 3.05) is 45.8 Å². The predicted octanol–water partition coefficient (Wildman–Crippen LogP) is 2.33. The molecule has 40 heavy (non-hydrogen) atoms. The molecule has 0 saturated carbocycles. The highest BCUT2D eigenvalue weighted by Gasteiger charge is 2.16. The predicted molar refractivity (Wildman–Crippen MR) is 162 cm³/mol. The van der Waals surface area contributed by atoms with Crippen molar-refractivity contribution in [1.29, 1.82) is 0 Å². The number of thiophene rings is 1. The van der Waals surface area contributed by atoms with Gasteiger partial charge in [0.05, 0.1) is 6.54 Å². The van der Waals surface area contributed by atoms with Gasteiger partial charge in [0.25, 0.3) is 5.91 Å². The van der Waals surface area contributed by atoms with Crippen LogP contribution in [0.25, 0.3) is 0 Å². The first kappa shape index (κ1) is 33.9. The number of hydrogen-bond acceptors (Lipinski definition) is 8. The molecule has 1 aromatic heterocycles. The quantitative estimate of drug-likeness (QED) is 0.108. The summed E-state index contributed by atoms with van der Waals surface area (Å²) in [6, 6.07) is 12.1. The average molecular weight is 595 g/mol. The van der Waals surface area contributed by atoms with Crippen molar-refractivity contribution in [3.63, 3.8) is 0 Å². The molecule has 10 nitrogen and oxygen atoms in total. The van der Waals surface area contributed by atoms with Gasteiger partial charge in [-0.15, -0.1) is 11.3 Å². The van der Waals surface area contributed by atoms with Crippen LogP contribution in [0.5, 0.6) is 0 Å². The van der Waals surface area contributed by atoms with Crippen molar-refractivity contribution in [1.82, 2.24) is 26.0 Å². The van der Waals surface area contributed by atoms with Gasteiger partial charge in [-0.1, -0.05) is 24.6 Å². The number of amides is 2. The molecule has 1 aromatic carbocycles. The smallest absolute Gasteiger partial charge is 0.251 e. The number of carbonyl (C=O) groups excluding carboxylic acids is 2. The Hall–Kier alpha value is -2.35. The molecular weight excluding hydrogens is 548 g/mol. The molecule has 7 N–H and O–H groups in total. The maximum Gasteiger partial charge on any atom is 0.251 e. The topological polar surface area (TPSA) is 154 Å². The third kappa shape index (κ3) is 14.9. The molecule has 0 fully saturated rings. The number of nitrogens with two attached hydrogens (primary N) is 1. The lowest BCUT2D eigenvalue weighted by Gasteiger charge is -2.08. The average Bonchev–Trinajstić information content (AvgIpc) is 3.45. The summed E-state index contributed by atoms with van der Waals surface area (Å²) in [5.41, 5.74) is 6.02. The van der Waals surface area contributed by atoms with Crippen LogP contribution in [0.15, 0.2) is 46.7 Å². The van der Waals surface area contributed by atoms with Crippen LogP contribution >= 0.6 is 11.3 Å². The van der Waals surface area contributed by atoms with E-state index in [0.717, 1.165) is 87.5 Å². The number of rotatable bonds is 23. The third-order valence-electron chi connectivity index (χ3n) is 6.10. The number of sulfonamides is 1. The summed E-state index contributed by atoms with van der Waals surface area (Å²) < 4.78 is 28.0. The number of nitrogens with one attached hydrogen (secondary N) is 5. The van der Waals surface area contributed by atoms with Gasteiger partial charge < -0.3 is 27.0 Å². The molecule has 0 aliphatic heterocycles. The molecule has 0 aliphatic rings. The summed E-state index contributed by atoms with van der Waals surface area (Å²) >= 11 is 1.14. The first-order valence-electron chi connectivity index (χ1n) is 14.2. The minimum atomic E-state index is -3.60. The zero-order valence-electron chi connectivity index (χ0n) is 23.4. The van der Waals surface area contributed by atoms with Crippen LogP contribution in [0.4, 0.5) is 0 Å². The zero-order chi connectivity index (χ0) is 28.9. The van der Waals surface area contributed by atoms with E-state index in [1.807, 2.05) is 6.07 Å². The minimum Gasteiger partial charge on any atom is -0.356 e. The van der Waals surface area contributed by atoms with Gasteiger partial charge in [0.15, 0.2) is 0 Å².